The molecule has 20 heavy (non-hydrogen) atoms. The van der Waals surface area contributed by atoms with Crippen LogP contribution >= 0.6 is 0 Å². The van der Waals surface area contributed by atoms with Gasteiger partial charge in [0.1, 0.15) is 6.10 Å². The van der Waals surface area contributed by atoms with E-state index in [0.717, 1.165) is 11.1 Å². The van der Waals surface area contributed by atoms with Crippen LogP contribution in [0.5, 0.6) is 0 Å². The average molecular weight is 277 g/mol. The fourth-order valence-corrected chi connectivity index (χ4v) is 3.46. The summed E-state index contributed by atoms with van der Waals surface area (Å²) >= 11 is 0. The zero-order valence-electron chi connectivity index (χ0n) is 11.5. The van der Waals surface area contributed by atoms with Crippen molar-refractivity contribution < 1.29 is 19.7 Å². The van der Waals surface area contributed by atoms with Crippen molar-refractivity contribution in [3.8, 4) is 0 Å². The summed E-state index contributed by atoms with van der Waals surface area (Å²) in [6, 6.07) is 7.55. The van der Waals surface area contributed by atoms with E-state index in [-0.39, 0.29) is 6.61 Å². The molecule has 2 aliphatic heterocycles. The summed E-state index contributed by atoms with van der Waals surface area (Å²) in [5.74, 6) is -0.476. The molecule has 1 fully saturated rings. The third-order valence-electron chi connectivity index (χ3n) is 4.36. The molecule has 2 aliphatic rings. The van der Waals surface area contributed by atoms with Gasteiger partial charge in [-0.3, -0.25) is 4.90 Å². The minimum absolute atomic E-state index is 0.249. The van der Waals surface area contributed by atoms with Gasteiger partial charge >= 0.3 is 5.97 Å². The number of hydrogen-bond acceptors (Lipinski definition) is 5. The lowest BCUT2D eigenvalue weighted by molar-refractivity contribution is -0.184. The van der Waals surface area contributed by atoms with E-state index in [1.165, 1.54) is 0 Å². The minimum atomic E-state index is -1.26. The zero-order chi connectivity index (χ0) is 14.3. The van der Waals surface area contributed by atoms with Crippen molar-refractivity contribution in [1.29, 1.82) is 0 Å². The highest BCUT2D eigenvalue weighted by Crippen LogP contribution is 2.46. The van der Waals surface area contributed by atoms with Crippen molar-refractivity contribution in [2.24, 2.45) is 0 Å². The van der Waals surface area contributed by atoms with Crippen molar-refractivity contribution in [3.63, 3.8) is 0 Å². The molecule has 108 valence electrons. The number of benzene rings is 1. The molecule has 2 heterocycles. The lowest BCUT2D eigenvalue weighted by Crippen LogP contribution is -2.64. The number of carbonyl (C=O) groups is 1. The molecule has 1 aromatic carbocycles. The van der Waals surface area contributed by atoms with Crippen molar-refractivity contribution in [2.45, 2.75) is 37.6 Å². The van der Waals surface area contributed by atoms with Gasteiger partial charge in [0.2, 0.25) is 0 Å². The van der Waals surface area contributed by atoms with Crippen LogP contribution in [-0.2, 0) is 21.6 Å². The first kappa shape index (κ1) is 13.5. The summed E-state index contributed by atoms with van der Waals surface area (Å²) in [6.07, 6.45) is -1.63. The number of rotatable bonds is 2. The average Bonchev–Trinajstić information content (AvgIpc) is 2.79. The Kier molecular flexibility index (Phi) is 3.28. The number of aliphatic hydroxyl groups excluding tert-OH is 2. The highest BCUT2D eigenvalue weighted by Gasteiger charge is 2.60. The molecule has 0 aromatic heterocycles. The van der Waals surface area contributed by atoms with Crippen molar-refractivity contribution in [2.75, 3.05) is 13.2 Å². The van der Waals surface area contributed by atoms with Crippen molar-refractivity contribution in [1.82, 2.24) is 4.90 Å². The summed E-state index contributed by atoms with van der Waals surface area (Å²) in [7, 11) is 0. The topological polar surface area (TPSA) is 70.0 Å². The van der Waals surface area contributed by atoms with Crippen LogP contribution in [0, 0.1) is 0 Å². The van der Waals surface area contributed by atoms with Gasteiger partial charge in [-0.25, -0.2) is 4.79 Å². The number of carbonyl (C=O) groups excluding carboxylic acids is 1. The molecule has 5 nitrogen and oxygen atoms in total. The van der Waals surface area contributed by atoms with Gasteiger partial charge in [-0.1, -0.05) is 24.3 Å². The first-order valence-corrected chi connectivity index (χ1v) is 6.99. The van der Waals surface area contributed by atoms with Crippen molar-refractivity contribution >= 4 is 5.97 Å². The van der Waals surface area contributed by atoms with E-state index in [4.69, 9.17) is 4.74 Å². The number of piperidine rings is 1. The van der Waals surface area contributed by atoms with Gasteiger partial charge in [-0.15, -0.1) is 0 Å². The third kappa shape index (κ3) is 1.63. The third-order valence-corrected chi connectivity index (χ3v) is 4.36. The van der Waals surface area contributed by atoms with Gasteiger partial charge < -0.3 is 14.9 Å². The molecule has 2 N–H and O–H groups in total. The van der Waals surface area contributed by atoms with E-state index in [9.17, 15) is 15.0 Å². The Morgan fingerprint density at radius 1 is 1.45 bits per heavy atom. The molecular formula is C15H19NO4. The first-order chi connectivity index (χ1) is 9.62. The van der Waals surface area contributed by atoms with Crippen molar-refractivity contribution in [3.05, 3.63) is 35.4 Å². The first-order valence-electron chi connectivity index (χ1n) is 6.99. The molecule has 0 unspecified atom stereocenters. The quantitative estimate of drug-likeness (QED) is 0.765. The predicted molar refractivity (Wildman–Crippen MR) is 71.8 cm³/mol. The minimum Gasteiger partial charge on any atom is -0.464 e. The zero-order valence-corrected chi connectivity index (χ0v) is 11.5. The van der Waals surface area contributed by atoms with Crippen LogP contribution in [0.3, 0.4) is 0 Å². The van der Waals surface area contributed by atoms with Gasteiger partial charge in [0, 0.05) is 13.1 Å². The lowest BCUT2D eigenvalue weighted by Gasteiger charge is -2.46. The Hall–Kier alpha value is -1.43. The van der Waals surface area contributed by atoms with E-state index in [0.29, 0.717) is 19.5 Å². The molecular weight excluding hydrogens is 258 g/mol. The van der Waals surface area contributed by atoms with Crippen LogP contribution in [0.1, 0.15) is 24.5 Å². The Bertz CT molecular complexity index is 528. The smallest absolute Gasteiger partial charge is 0.334 e. The Morgan fingerprint density at radius 2 is 2.20 bits per heavy atom. The van der Waals surface area contributed by atoms with Gasteiger partial charge in [0.25, 0.3) is 0 Å². The monoisotopic (exact) mass is 277 g/mol. The van der Waals surface area contributed by atoms with Gasteiger partial charge in [-0.2, -0.15) is 0 Å². The molecule has 0 aliphatic carbocycles. The van der Waals surface area contributed by atoms with Gasteiger partial charge in [0.05, 0.1) is 12.7 Å². The van der Waals surface area contributed by atoms with E-state index in [1.807, 2.05) is 29.2 Å². The maximum atomic E-state index is 12.6. The summed E-state index contributed by atoms with van der Waals surface area (Å²) in [5, 5.41) is 20.6. The SMILES string of the molecule is CCOC(=O)[C@]12c3ccccc3CN1CC[C@H](O)[C@@H]2O. The molecule has 5 heteroatoms. The largest absolute Gasteiger partial charge is 0.464 e. The van der Waals surface area contributed by atoms with Crippen LogP contribution in [0.25, 0.3) is 0 Å². The molecule has 0 amide bonds. The van der Waals surface area contributed by atoms with Crippen LogP contribution in [0.4, 0.5) is 0 Å². The molecule has 0 bridgehead atoms. The van der Waals surface area contributed by atoms with E-state index < -0.39 is 23.7 Å². The molecule has 0 radical (unpaired) electrons. The van der Waals surface area contributed by atoms with E-state index in [2.05, 4.69) is 0 Å². The van der Waals surface area contributed by atoms with Crippen LogP contribution < -0.4 is 0 Å². The predicted octanol–water partition coefficient (Wildman–Crippen LogP) is 0.386. The maximum Gasteiger partial charge on any atom is 0.334 e. The highest BCUT2D eigenvalue weighted by molar-refractivity contribution is 5.85. The van der Waals surface area contributed by atoms with Crippen LogP contribution in [0.2, 0.25) is 0 Å². The summed E-state index contributed by atoms with van der Waals surface area (Å²) < 4.78 is 5.21. The molecule has 0 saturated carbocycles. The van der Waals surface area contributed by atoms with Crippen LogP contribution in [-0.4, -0.2) is 46.4 Å². The number of ether oxygens (including phenoxy) is 1. The second-order valence-corrected chi connectivity index (χ2v) is 5.37. The molecule has 3 atom stereocenters. The normalized spacial score (nSPS) is 32.5. The molecule has 0 spiro atoms. The summed E-state index contributed by atoms with van der Waals surface area (Å²) in [5.41, 5.74) is 0.503. The summed E-state index contributed by atoms with van der Waals surface area (Å²) in [4.78, 5) is 14.5. The Balaban J connectivity index is 2.16. The fraction of sp³-hybridized carbons (Fsp3) is 0.533. The molecule has 1 aromatic rings. The number of aliphatic hydroxyl groups is 2. The lowest BCUT2D eigenvalue weighted by atomic mass is 9.78. The van der Waals surface area contributed by atoms with Crippen LogP contribution in [0.15, 0.2) is 24.3 Å². The Labute approximate surface area is 117 Å². The second kappa shape index (κ2) is 4.84. The molecule has 3 rings (SSSR count). The number of esters is 1. The van der Waals surface area contributed by atoms with E-state index >= 15 is 0 Å². The number of nitrogens with zero attached hydrogens (tertiary/aromatic N) is 1. The number of hydrogen-bond donors (Lipinski definition) is 2. The fourth-order valence-electron chi connectivity index (χ4n) is 3.46. The maximum absolute atomic E-state index is 12.6. The van der Waals surface area contributed by atoms with Gasteiger partial charge in [-0.05, 0) is 24.5 Å². The summed E-state index contributed by atoms with van der Waals surface area (Å²) in [6.45, 7) is 3.15. The Morgan fingerprint density at radius 3 is 2.95 bits per heavy atom. The second-order valence-electron chi connectivity index (χ2n) is 5.37. The standard InChI is InChI=1S/C15H19NO4/c1-2-20-14(19)15-11-6-4-3-5-10(11)9-16(15)8-7-12(17)13(15)18/h3-6,12-13,17-18H,2,7-9H2,1H3/t12-,13-,15+/m0/s1. The molecule has 1 saturated heterocycles. The highest BCUT2D eigenvalue weighted by atomic mass is 16.5. The van der Waals surface area contributed by atoms with Gasteiger partial charge in [0.15, 0.2) is 5.54 Å². The van der Waals surface area contributed by atoms with E-state index in [1.54, 1.807) is 6.92 Å². The number of fused-ring (bicyclic) bond motifs is 3.